The largest absolute Gasteiger partial charge is 0.363 e. The van der Waals surface area contributed by atoms with E-state index in [9.17, 15) is 0 Å². The van der Waals surface area contributed by atoms with Crippen molar-refractivity contribution in [1.82, 2.24) is 10.6 Å². The van der Waals surface area contributed by atoms with E-state index in [1.54, 1.807) is 0 Å². The lowest BCUT2D eigenvalue weighted by molar-refractivity contribution is 0.463. The summed E-state index contributed by atoms with van der Waals surface area (Å²) in [5.74, 6) is 3.01. The van der Waals surface area contributed by atoms with Crippen LogP contribution in [0, 0.1) is 0 Å². The van der Waals surface area contributed by atoms with Crippen LogP contribution in [0.15, 0.2) is 35.2 Å². The van der Waals surface area contributed by atoms with Crippen molar-refractivity contribution in [3.63, 3.8) is 0 Å². The molecule has 1 fully saturated rings. The first-order chi connectivity index (χ1) is 10.8. The average molecular weight is 339 g/mol. The van der Waals surface area contributed by atoms with Crippen LogP contribution in [0.25, 0.3) is 0 Å². The standard InChI is InChI=1S/C16H26N4S2/c1-3-11-21-13-8-18-16(17-2)19-14-6-9-20(10-7-14)15-5-4-12-22-15/h3-5,12,14H,1,6-11,13H2,2H3,(H2,17,18,19). The van der Waals surface area contributed by atoms with Crippen molar-refractivity contribution in [2.45, 2.75) is 18.9 Å². The molecule has 2 heterocycles. The van der Waals surface area contributed by atoms with E-state index in [1.807, 2.05) is 36.2 Å². The molecule has 1 aromatic heterocycles. The second-order valence-electron chi connectivity index (χ2n) is 5.22. The maximum atomic E-state index is 4.32. The molecule has 2 N–H and O–H groups in total. The molecule has 1 saturated heterocycles. The minimum atomic E-state index is 0.517. The van der Waals surface area contributed by atoms with E-state index in [1.165, 1.54) is 5.00 Å². The van der Waals surface area contributed by atoms with Crippen molar-refractivity contribution < 1.29 is 0 Å². The number of hydrogen-bond donors (Lipinski definition) is 2. The number of aliphatic imine (C=N–C) groups is 1. The zero-order valence-electron chi connectivity index (χ0n) is 13.3. The molecular formula is C16H26N4S2. The van der Waals surface area contributed by atoms with E-state index in [-0.39, 0.29) is 0 Å². The van der Waals surface area contributed by atoms with Gasteiger partial charge in [-0.05, 0) is 30.4 Å². The zero-order valence-corrected chi connectivity index (χ0v) is 14.9. The fraction of sp³-hybridized carbons (Fsp3) is 0.562. The molecule has 0 radical (unpaired) electrons. The number of rotatable bonds is 7. The van der Waals surface area contributed by atoms with Crippen LogP contribution < -0.4 is 15.5 Å². The molecule has 22 heavy (non-hydrogen) atoms. The van der Waals surface area contributed by atoms with Crippen molar-refractivity contribution in [2.75, 3.05) is 43.1 Å². The lowest BCUT2D eigenvalue weighted by Crippen LogP contribution is -2.49. The molecule has 0 aromatic carbocycles. The van der Waals surface area contributed by atoms with Gasteiger partial charge in [-0.25, -0.2) is 0 Å². The fourth-order valence-corrected chi connectivity index (χ4v) is 3.86. The van der Waals surface area contributed by atoms with Crippen LogP contribution in [0.5, 0.6) is 0 Å². The molecule has 0 unspecified atom stereocenters. The molecule has 0 spiro atoms. The summed E-state index contributed by atoms with van der Waals surface area (Å²) in [6, 6.07) is 4.85. The average Bonchev–Trinajstić information content (AvgIpc) is 3.08. The maximum absolute atomic E-state index is 4.32. The number of nitrogens with one attached hydrogen (secondary N) is 2. The Morgan fingerprint density at radius 3 is 3.00 bits per heavy atom. The lowest BCUT2D eigenvalue weighted by atomic mass is 10.1. The Morgan fingerprint density at radius 1 is 1.55 bits per heavy atom. The Labute approximate surface area is 142 Å². The quantitative estimate of drug-likeness (QED) is 0.347. The van der Waals surface area contributed by atoms with E-state index in [0.717, 1.165) is 49.9 Å². The second-order valence-corrected chi connectivity index (χ2v) is 7.30. The Kier molecular flexibility index (Phi) is 7.66. The number of piperidine rings is 1. The number of thiophene rings is 1. The van der Waals surface area contributed by atoms with Crippen molar-refractivity contribution in [3.8, 4) is 0 Å². The summed E-state index contributed by atoms with van der Waals surface area (Å²) in [7, 11) is 1.84. The van der Waals surface area contributed by atoms with E-state index in [2.05, 4.69) is 44.6 Å². The van der Waals surface area contributed by atoms with E-state index >= 15 is 0 Å². The van der Waals surface area contributed by atoms with Gasteiger partial charge in [0.1, 0.15) is 0 Å². The molecule has 1 aliphatic rings. The monoisotopic (exact) mass is 338 g/mol. The van der Waals surface area contributed by atoms with Crippen LogP contribution in [-0.4, -0.2) is 50.2 Å². The molecule has 0 bridgehead atoms. The predicted molar refractivity (Wildman–Crippen MR) is 102 cm³/mol. The van der Waals surface area contributed by atoms with Crippen LogP contribution in [0.3, 0.4) is 0 Å². The highest BCUT2D eigenvalue weighted by atomic mass is 32.2. The highest BCUT2D eigenvalue weighted by Crippen LogP contribution is 2.24. The van der Waals surface area contributed by atoms with Crippen LogP contribution in [-0.2, 0) is 0 Å². The second kappa shape index (κ2) is 9.79. The van der Waals surface area contributed by atoms with Gasteiger partial charge in [0.25, 0.3) is 0 Å². The van der Waals surface area contributed by atoms with Gasteiger partial charge in [-0.1, -0.05) is 6.08 Å². The Morgan fingerprint density at radius 2 is 2.36 bits per heavy atom. The zero-order chi connectivity index (χ0) is 15.6. The van der Waals surface area contributed by atoms with Gasteiger partial charge in [0.2, 0.25) is 0 Å². The lowest BCUT2D eigenvalue weighted by Gasteiger charge is -2.33. The Bertz CT molecular complexity index is 451. The molecule has 4 nitrogen and oxygen atoms in total. The molecule has 0 aliphatic carbocycles. The SMILES string of the molecule is C=CCSCCNC(=NC)NC1CCN(c2cccs2)CC1. The van der Waals surface area contributed by atoms with E-state index < -0.39 is 0 Å². The van der Waals surface area contributed by atoms with E-state index in [4.69, 9.17) is 0 Å². The minimum absolute atomic E-state index is 0.517. The van der Waals surface area contributed by atoms with Gasteiger partial charge in [-0.15, -0.1) is 17.9 Å². The third-order valence-corrected chi connectivity index (χ3v) is 5.54. The molecule has 1 aliphatic heterocycles. The summed E-state index contributed by atoms with van der Waals surface area (Å²) in [6.45, 7) is 6.90. The third-order valence-electron chi connectivity index (χ3n) is 3.65. The fourth-order valence-electron chi connectivity index (χ4n) is 2.49. The van der Waals surface area contributed by atoms with Gasteiger partial charge in [0.05, 0.1) is 5.00 Å². The summed E-state index contributed by atoms with van der Waals surface area (Å²) in [4.78, 5) is 6.80. The highest BCUT2D eigenvalue weighted by molar-refractivity contribution is 7.99. The van der Waals surface area contributed by atoms with Gasteiger partial charge < -0.3 is 15.5 Å². The summed E-state index contributed by atoms with van der Waals surface area (Å²) >= 11 is 3.71. The topological polar surface area (TPSA) is 39.7 Å². The van der Waals surface area contributed by atoms with Crippen LogP contribution in [0.1, 0.15) is 12.8 Å². The van der Waals surface area contributed by atoms with Gasteiger partial charge in [-0.3, -0.25) is 4.99 Å². The molecule has 6 heteroatoms. The highest BCUT2D eigenvalue weighted by Gasteiger charge is 2.20. The molecule has 0 atom stereocenters. The van der Waals surface area contributed by atoms with Gasteiger partial charge in [0.15, 0.2) is 5.96 Å². The molecule has 0 amide bonds. The van der Waals surface area contributed by atoms with Crippen molar-refractivity contribution in [1.29, 1.82) is 0 Å². The summed E-state index contributed by atoms with van der Waals surface area (Å²) in [5.41, 5.74) is 0. The van der Waals surface area contributed by atoms with Crippen LogP contribution in [0.2, 0.25) is 0 Å². The summed E-state index contributed by atoms with van der Waals surface area (Å²) in [5, 5.41) is 10.5. The van der Waals surface area contributed by atoms with Crippen LogP contribution in [0.4, 0.5) is 5.00 Å². The summed E-state index contributed by atoms with van der Waals surface area (Å²) in [6.07, 6.45) is 4.26. The molecular weight excluding hydrogens is 312 g/mol. The minimum Gasteiger partial charge on any atom is -0.363 e. The molecule has 2 rings (SSSR count). The smallest absolute Gasteiger partial charge is 0.191 e. The first-order valence-corrected chi connectivity index (χ1v) is 9.81. The molecule has 1 aromatic rings. The van der Waals surface area contributed by atoms with Gasteiger partial charge in [0, 0.05) is 44.2 Å². The normalized spacial score (nSPS) is 16.6. The first kappa shape index (κ1) is 17.2. The number of guanidine groups is 1. The van der Waals surface area contributed by atoms with Crippen LogP contribution >= 0.6 is 23.1 Å². The van der Waals surface area contributed by atoms with Crippen molar-refractivity contribution in [2.24, 2.45) is 4.99 Å². The molecule has 0 saturated carbocycles. The number of thioether (sulfide) groups is 1. The van der Waals surface area contributed by atoms with Crippen molar-refractivity contribution >= 4 is 34.1 Å². The molecule has 122 valence electrons. The summed E-state index contributed by atoms with van der Waals surface area (Å²) < 4.78 is 0. The maximum Gasteiger partial charge on any atom is 0.191 e. The predicted octanol–water partition coefficient (Wildman–Crippen LogP) is 2.80. The Balaban J connectivity index is 1.66. The first-order valence-electron chi connectivity index (χ1n) is 7.77. The Hall–Kier alpha value is -1.14. The van der Waals surface area contributed by atoms with Crippen molar-refractivity contribution in [3.05, 3.63) is 30.2 Å². The van der Waals surface area contributed by atoms with E-state index in [0.29, 0.717) is 6.04 Å². The number of nitrogens with zero attached hydrogens (tertiary/aromatic N) is 2. The third kappa shape index (κ3) is 5.57. The van der Waals surface area contributed by atoms with Gasteiger partial charge in [-0.2, -0.15) is 11.8 Å². The van der Waals surface area contributed by atoms with Gasteiger partial charge >= 0.3 is 0 Å². The number of hydrogen-bond acceptors (Lipinski definition) is 4. The number of anilines is 1.